The van der Waals surface area contributed by atoms with Crippen molar-refractivity contribution in [2.45, 2.75) is 13.8 Å². The number of halogens is 2. The molecule has 0 spiro atoms. The van der Waals surface area contributed by atoms with Crippen molar-refractivity contribution in [3.05, 3.63) is 56.5 Å². The van der Waals surface area contributed by atoms with Crippen LogP contribution >= 0.6 is 27.5 Å². The Balaban J connectivity index is 2.33. The zero-order chi connectivity index (χ0) is 14.9. The second kappa shape index (κ2) is 5.85. The normalized spacial score (nSPS) is 10.4. The minimum atomic E-state index is -0.271. The van der Waals surface area contributed by atoms with Gasteiger partial charge in [0.1, 0.15) is 0 Å². The van der Waals surface area contributed by atoms with Crippen LogP contribution in [0.5, 0.6) is 0 Å². The molecule has 0 aliphatic carbocycles. The van der Waals surface area contributed by atoms with Crippen LogP contribution in [0.4, 0.5) is 11.4 Å². The summed E-state index contributed by atoms with van der Waals surface area (Å²) in [5, 5.41) is 3.24. The summed E-state index contributed by atoms with van der Waals surface area (Å²) < 4.78 is 0.874. The highest BCUT2D eigenvalue weighted by molar-refractivity contribution is 9.10. The van der Waals surface area contributed by atoms with Crippen molar-refractivity contribution in [2.75, 3.05) is 11.1 Å². The molecule has 0 aromatic heterocycles. The number of hydrogen-bond donors (Lipinski definition) is 2. The highest BCUT2D eigenvalue weighted by Crippen LogP contribution is 2.29. The van der Waals surface area contributed by atoms with Crippen LogP contribution in [-0.2, 0) is 0 Å². The highest BCUT2D eigenvalue weighted by Gasteiger charge is 2.13. The molecular weight excluding hydrogens is 340 g/mol. The van der Waals surface area contributed by atoms with Gasteiger partial charge < -0.3 is 11.1 Å². The van der Waals surface area contributed by atoms with Crippen molar-refractivity contribution in [3.8, 4) is 0 Å². The maximum atomic E-state index is 12.3. The van der Waals surface area contributed by atoms with Crippen LogP contribution in [0, 0.1) is 13.8 Å². The lowest BCUT2D eigenvalue weighted by atomic mass is 10.1. The molecule has 5 heteroatoms. The van der Waals surface area contributed by atoms with E-state index in [1.807, 2.05) is 26.0 Å². The van der Waals surface area contributed by atoms with E-state index in [1.165, 1.54) is 0 Å². The number of amides is 1. The molecule has 2 rings (SSSR count). The van der Waals surface area contributed by atoms with Crippen LogP contribution in [0.25, 0.3) is 0 Å². The molecule has 0 saturated carbocycles. The quantitative estimate of drug-likeness (QED) is 0.778. The van der Waals surface area contributed by atoms with Crippen LogP contribution in [-0.4, -0.2) is 5.91 Å². The van der Waals surface area contributed by atoms with Crippen molar-refractivity contribution < 1.29 is 4.79 Å². The Hall–Kier alpha value is -1.52. The standard InChI is InChI=1S/C15H14BrClN2O/c1-8-3-4-11(12(17)5-8)15(20)19-14-9(2)6-10(16)7-13(14)18/h3-7H,18H2,1-2H3,(H,19,20). The third kappa shape index (κ3) is 3.14. The van der Waals surface area contributed by atoms with Crippen LogP contribution in [0.3, 0.4) is 0 Å². The van der Waals surface area contributed by atoms with E-state index in [0.717, 1.165) is 15.6 Å². The van der Waals surface area contributed by atoms with E-state index in [1.54, 1.807) is 18.2 Å². The Labute approximate surface area is 131 Å². The van der Waals surface area contributed by atoms with Crippen LogP contribution in [0.2, 0.25) is 5.02 Å². The number of nitrogen functional groups attached to an aromatic ring is 1. The predicted molar refractivity (Wildman–Crippen MR) is 87.4 cm³/mol. The van der Waals surface area contributed by atoms with Crippen molar-refractivity contribution in [2.24, 2.45) is 0 Å². The Morgan fingerprint density at radius 3 is 2.55 bits per heavy atom. The lowest BCUT2D eigenvalue weighted by Crippen LogP contribution is -2.14. The van der Waals surface area contributed by atoms with Gasteiger partial charge in [-0.1, -0.05) is 33.6 Å². The van der Waals surface area contributed by atoms with Gasteiger partial charge >= 0.3 is 0 Å². The average molecular weight is 354 g/mol. The molecule has 0 fully saturated rings. The smallest absolute Gasteiger partial charge is 0.257 e. The number of anilines is 2. The summed E-state index contributed by atoms with van der Waals surface area (Å²) in [6, 6.07) is 8.95. The Bertz CT molecular complexity index is 663. The molecular formula is C15H14BrClN2O. The molecule has 0 radical (unpaired) electrons. The summed E-state index contributed by atoms with van der Waals surface area (Å²) in [4.78, 5) is 12.3. The first-order chi connectivity index (χ1) is 9.38. The fourth-order valence-electron chi connectivity index (χ4n) is 1.92. The van der Waals surface area contributed by atoms with Gasteiger partial charge in [0.2, 0.25) is 0 Å². The van der Waals surface area contributed by atoms with Crippen molar-refractivity contribution in [1.29, 1.82) is 0 Å². The van der Waals surface area contributed by atoms with Gasteiger partial charge in [-0.3, -0.25) is 4.79 Å². The van der Waals surface area contributed by atoms with Gasteiger partial charge in [-0.15, -0.1) is 0 Å². The molecule has 1 amide bonds. The maximum Gasteiger partial charge on any atom is 0.257 e. The maximum absolute atomic E-state index is 12.3. The minimum absolute atomic E-state index is 0.271. The fraction of sp³-hybridized carbons (Fsp3) is 0.133. The first kappa shape index (κ1) is 14.9. The zero-order valence-corrected chi connectivity index (χ0v) is 13.5. The molecule has 0 aliphatic heterocycles. The summed E-state index contributed by atoms with van der Waals surface area (Å²) in [6.45, 7) is 3.80. The Morgan fingerprint density at radius 1 is 1.25 bits per heavy atom. The lowest BCUT2D eigenvalue weighted by molar-refractivity contribution is 0.102. The lowest BCUT2D eigenvalue weighted by Gasteiger charge is -2.13. The van der Waals surface area contributed by atoms with E-state index >= 15 is 0 Å². The number of nitrogens with two attached hydrogens (primary N) is 1. The molecule has 0 heterocycles. The largest absolute Gasteiger partial charge is 0.397 e. The van der Waals surface area contributed by atoms with E-state index in [2.05, 4.69) is 21.2 Å². The first-order valence-corrected chi connectivity index (χ1v) is 7.18. The summed E-state index contributed by atoms with van der Waals surface area (Å²) >= 11 is 9.46. The third-order valence-electron chi connectivity index (χ3n) is 2.94. The topological polar surface area (TPSA) is 55.1 Å². The molecule has 0 atom stereocenters. The van der Waals surface area contributed by atoms with Crippen molar-refractivity contribution in [3.63, 3.8) is 0 Å². The van der Waals surface area contributed by atoms with E-state index in [0.29, 0.717) is 22.0 Å². The molecule has 3 nitrogen and oxygen atoms in total. The summed E-state index contributed by atoms with van der Waals surface area (Å²) in [5.41, 5.74) is 9.37. The zero-order valence-electron chi connectivity index (χ0n) is 11.1. The molecule has 2 aromatic rings. The number of hydrogen-bond acceptors (Lipinski definition) is 2. The van der Waals surface area contributed by atoms with Crippen molar-refractivity contribution >= 4 is 44.8 Å². The predicted octanol–water partition coefficient (Wildman–Crippen LogP) is 4.55. The Morgan fingerprint density at radius 2 is 1.95 bits per heavy atom. The summed E-state index contributed by atoms with van der Waals surface area (Å²) in [5.74, 6) is -0.271. The van der Waals surface area contributed by atoms with Gasteiger partial charge in [-0.05, 0) is 49.2 Å². The molecule has 3 N–H and O–H groups in total. The van der Waals surface area contributed by atoms with E-state index < -0.39 is 0 Å². The third-order valence-corrected chi connectivity index (χ3v) is 3.71. The second-order valence-electron chi connectivity index (χ2n) is 4.62. The minimum Gasteiger partial charge on any atom is -0.397 e. The number of benzene rings is 2. The van der Waals surface area contributed by atoms with E-state index in [4.69, 9.17) is 17.3 Å². The van der Waals surface area contributed by atoms with Gasteiger partial charge in [0.25, 0.3) is 5.91 Å². The van der Waals surface area contributed by atoms with Crippen LogP contribution < -0.4 is 11.1 Å². The highest BCUT2D eigenvalue weighted by atomic mass is 79.9. The second-order valence-corrected chi connectivity index (χ2v) is 5.95. The number of nitrogens with one attached hydrogen (secondary N) is 1. The fourth-order valence-corrected chi connectivity index (χ4v) is 2.84. The van der Waals surface area contributed by atoms with Crippen molar-refractivity contribution in [1.82, 2.24) is 0 Å². The first-order valence-electron chi connectivity index (χ1n) is 6.01. The number of carbonyl (C=O) groups is 1. The van der Waals surface area contributed by atoms with Gasteiger partial charge in [0.05, 0.1) is 22.0 Å². The molecule has 0 unspecified atom stereocenters. The Kier molecular flexibility index (Phi) is 4.35. The van der Waals surface area contributed by atoms with E-state index in [9.17, 15) is 4.79 Å². The van der Waals surface area contributed by atoms with Gasteiger partial charge in [-0.25, -0.2) is 0 Å². The molecule has 104 valence electrons. The molecule has 2 aromatic carbocycles. The average Bonchev–Trinajstić information content (AvgIpc) is 2.33. The van der Waals surface area contributed by atoms with Gasteiger partial charge in [0, 0.05) is 4.47 Å². The van der Waals surface area contributed by atoms with Crippen LogP contribution in [0.1, 0.15) is 21.5 Å². The summed E-state index contributed by atoms with van der Waals surface area (Å²) in [6.07, 6.45) is 0. The van der Waals surface area contributed by atoms with Gasteiger partial charge in [0.15, 0.2) is 0 Å². The van der Waals surface area contributed by atoms with Gasteiger partial charge in [-0.2, -0.15) is 0 Å². The molecule has 20 heavy (non-hydrogen) atoms. The van der Waals surface area contributed by atoms with E-state index in [-0.39, 0.29) is 5.91 Å². The van der Waals surface area contributed by atoms with Crippen LogP contribution in [0.15, 0.2) is 34.8 Å². The monoisotopic (exact) mass is 352 g/mol. The summed E-state index contributed by atoms with van der Waals surface area (Å²) in [7, 11) is 0. The number of rotatable bonds is 2. The number of aryl methyl sites for hydroxylation is 2. The molecule has 0 saturated heterocycles. The number of carbonyl (C=O) groups excluding carboxylic acids is 1. The SMILES string of the molecule is Cc1ccc(C(=O)Nc2c(C)cc(Br)cc2N)c(Cl)c1. The molecule has 0 bridgehead atoms. The molecule has 0 aliphatic rings.